The van der Waals surface area contributed by atoms with E-state index >= 15 is 0 Å². The highest BCUT2D eigenvalue weighted by molar-refractivity contribution is 7.18. The summed E-state index contributed by atoms with van der Waals surface area (Å²) in [5.74, 6) is 0.628. The van der Waals surface area contributed by atoms with Crippen LogP contribution in [-0.4, -0.2) is 75.8 Å². The van der Waals surface area contributed by atoms with Crippen LogP contribution in [0.25, 0.3) is 21.1 Å². The Morgan fingerprint density at radius 3 is 2.63 bits per heavy atom. The van der Waals surface area contributed by atoms with E-state index in [2.05, 4.69) is 72.9 Å². The van der Waals surface area contributed by atoms with Gasteiger partial charge in [-0.2, -0.15) is 13.2 Å². The third-order valence-electron chi connectivity index (χ3n) is 8.33. The van der Waals surface area contributed by atoms with E-state index in [-0.39, 0.29) is 10.9 Å². The van der Waals surface area contributed by atoms with Crippen molar-refractivity contribution in [2.75, 3.05) is 44.6 Å². The smallest absolute Gasteiger partial charge is 0.371 e. The van der Waals surface area contributed by atoms with Crippen LogP contribution in [0, 0.1) is 6.92 Å². The molecule has 5 heterocycles. The number of piperidine rings is 1. The number of hydrogen-bond donors (Lipinski definition) is 2. The monoisotopic (exact) mass is 583 g/mol. The first-order valence-corrected chi connectivity index (χ1v) is 15.0. The minimum Gasteiger partial charge on any atom is -0.371 e. The zero-order valence-electron chi connectivity index (χ0n) is 23.3. The number of alkyl halides is 3. The number of fused-ring (bicyclic) bond motifs is 2. The largest absolute Gasteiger partial charge is 0.393 e. The van der Waals surface area contributed by atoms with Crippen LogP contribution in [0.2, 0.25) is 0 Å². The lowest BCUT2D eigenvalue weighted by Gasteiger charge is -2.33. The minimum absolute atomic E-state index is 0.219. The number of likely N-dealkylation sites (tertiary alicyclic amines) is 1. The van der Waals surface area contributed by atoms with Gasteiger partial charge in [0.2, 0.25) is 0 Å². The molecule has 4 aromatic rings. The van der Waals surface area contributed by atoms with Gasteiger partial charge in [0.25, 0.3) is 0 Å². The summed E-state index contributed by atoms with van der Waals surface area (Å²) in [5, 5.41) is 8.86. The Morgan fingerprint density at radius 2 is 1.88 bits per heavy atom. The van der Waals surface area contributed by atoms with Crippen molar-refractivity contribution in [2.45, 2.75) is 51.5 Å². The number of allylic oxidation sites excluding steroid dienone is 1. The Balaban J connectivity index is 1.06. The lowest BCUT2D eigenvalue weighted by Crippen LogP contribution is -2.43. The van der Waals surface area contributed by atoms with E-state index in [1.54, 1.807) is 6.07 Å². The summed E-state index contributed by atoms with van der Waals surface area (Å²) in [6.45, 7) is 14.2. The third-order valence-corrected chi connectivity index (χ3v) is 9.37. The van der Waals surface area contributed by atoms with E-state index in [4.69, 9.17) is 0 Å². The number of piperazine rings is 1. The Morgan fingerprint density at radius 1 is 1.10 bits per heavy atom. The summed E-state index contributed by atoms with van der Waals surface area (Å²) in [6, 6.07) is 8.53. The normalized spacial score (nSPS) is 17.5. The number of nitrogens with one attached hydrogen (secondary N) is 2. The number of thiophene rings is 1. The molecule has 2 aliphatic rings. The van der Waals surface area contributed by atoms with E-state index in [0.717, 1.165) is 82.2 Å². The number of rotatable bonds is 8. The molecule has 1 aromatic carbocycles. The van der Waals surface area contributed by atoms with Gasteiger partial charge in [-0.1, -0.05) is 12.6 Å². The molecule has 7 nitrogen and oxygen atoms in total. The molecule has 0 aliphatic carbocycles. The van der Waals surface area contributed by atoms with Crippen molar-refractivity contribution in [1.29, 1.82) is 0 Å². The number of aryl methyl sites for hydroxylation is 1. The van der Waals surface area contributed by atoms with Crippen molar-refractivity contribution in [3.8, 4) is 0 Å². The first kappa shape index (κ1) is 28.0. The summed E-state index contributed by atoms with van der Waals surface area (Å²) in [6.07, 6.45) is 0.319. The van der Waals surface area contributed by atoms with Crippen molar-refractivity contribution in [3.63, 3.8) is 0 Å². The molecular formula is C30H36F3N7S. The maximum absolute atomic E-state index is 12.9. The maximum atomic E-state index is 12.9. The van der Waals surface area contributed by atoms with Gasteiger partial charge in [0.15, 0.2) is 0 Å². The molecule has 0 spiro atoms. The molecule has 2 fully saturated rings. The fourth-order valence-electron chi connectivity index (χ4n) is 6.03. The zero-order valence-corrected chi connectivity index (χ0v) is 24.1. The van der Waals surface area contributed by atoms with E-state index < -0.39 is 12.6 Å². The Labute approximate surface area is 242 Å². The van der Waals surface area contributed by atoms with Crippen LogP contribution in [0.4, 0.5) is 19.0 Å². The van der Waals surface area contributed by atoms with Crippen LogP contribution in [0.3, 0.4) is 0 Å². The molecule has 3 aromatic heterocycles. The highest BCUT2D eigenvalue weighted by Gasteiger charge is 2.29. The highest BCUT2D eigenvalue weighted by Crippen LogP contribution is 2.33. The van der Waals surface area contributed by atoms with Gasteiger partial charge >= 0.3 is 6.18 Å². The van der Waals surface area contributed by atoms with E-state index in [9.17, 15) is 13.2 Å². The molecule has 0 saturated carbocycles. The molecule has 41 heavy (non-hydrogen) atoms. The number of hydrogen-bond acceptors (Lipinski definition) is 7. The molecule has 2 aliphatic heterocycles. The average molecular weight is 584 g/mol. The highest BCUT2D eigenvalue weighted by atomic mass is 32.1. The predicted molar refractivity (Wildman–Crippen MR) is 159 cm³/mol. The predicted octanol–water partition coefficient (Wildman–Crippen LogP) is 5.55. The van der Waals surface area contributed by atoms with Crippen molar-refractivity contribution in [2.24, 2.45) is 0 Å². The van der Waals surface area contributed by atoms with Crippen LogP contribution in [0.5, 0.6) is 0 Å². The standard InChI is InChI=1S/C30H36F3N7S/c1-20(39-13-8-34-9-14-39)17-40-12-7-25-21(2)22(3-4-27(25)40)18-38-10-5-23(6-11-38)37-28-26-15-24(16-30(31,32)33)41-29(26)36-19-35-28/h3-4,7,12,15,19,23,34H,1,5-6,8-11,13-14,16-18H2,2H3,(H,35,36,37). The van der Waals surface area contributed by atoms with Crippen molar-refractivity contribution < 1.29 is 13.2 Å². The van der Waals surface area contributed by atoms with Crippen molar-refractivity contribution >= 4 is 38.3 Å². The summed E-state index contributed by atoms with van der Waals surface area (Å²) in [7, 11) is 0. The molecular weight excluding hydrogens is 547 g/mol. The number of halogens is 3. The van der Waals surface area contributed by atoms with Gasteiger partial charge in [-0.3, -0.25) is 4.90 Å². The number of aromatic nitrogens is 3. The van der Waals surface area contributed by atoms with Crippen molar-refractivity contribution in [1.82, 2.24) is 29.7 Å². The molecule has 2 saturated heterocycles. The molecule has 0 radical (unpaired) electrons. The van der Waals surface area contributed by atoms with E-state index in [1.807, 2.05) is 0 Å². The molecule has 0 unspecified atom stereocenters. The van der Waals surface area contributed by atoms with Gasteiger partial charge in [0.05, 0.1) is 18.4 Å². The van der Waals surface area contributed by atoms with Crippen LogP contribution >= 0.6 is 11.3 Å². The van der Waals surface area contributed by atoms with Gasteiger partial charge in [0, 0.05) is 79.5 Å². The van der Waals surface area contributed by atoms with Gasteiger partial charge in [-0.05, 0) is 49.1 Å². The lowest BCUT2D eigenvalue weighted by molar-refractivity contribution is -0.126. The average Bonchev–Trinajstić information content (AvgIpc) is 3.55. The van der Waals surface area contributed by atoms with E-state index in [1.165, 1.54) is 28.4 Å². The molecule has 218 valence electrons. The van der Waals surface area contributed by atoms with Gasteiger partial charge in [-0.25, -0.2) is 9.97 Å². The first-order valence-electron chi connectivity index (χ1n) is 14.2. The molecule has 0 bridgehead atoms. The van der Waals surface area contributed by atoms with Crippen LogP contribution < -0.4 is 10.6 Å². The Bertz CT molecular complexity index is 1530. The van der Waals surface area contributed by atoms with Gasteiger partial charge in [-0.15, -0.1) is 11.3 Å². The number of anilines is 1. The second-order valence-electron chi connectivity index (χ2n) is 11.2. The topological polar surface area (TPSA) is 61.3 Å². The van der Waals surface area contributed by atoms with Crippen LogP contribution in [0.1, 0.15) is 28.8 Å². The second-order valence-corrected chi connectivity index (χ2v) is 12.3. The summed E-state index contributed by atoms with van der Waals surface area (Å²) < 4.78 is 41.0. The molecule has 0 atom stereocenters. The summed E-state index contributed by atoms with van der Waals surface area (Å²) in [5.41, 5.74) is 5.07. The Kier molecular flexibility index (Phi) is 7.93. The number of nitrogens with zero attached hydrogens (tertiary/aromatic N) is 5. The lowest BCUT2D eigenvalue weighted by atomic mass is 10.0. The van der Waals surface area contributed by atoms with Gasteiger partial charge in [0.1, 0.15) is 17.0 Å². The van der Waals surface area contributed by atoms with E-state index in [0.29, 0.717) is 16.0 Å². The minimum atomic E-state index is -4.23. The molecule has 2 N–H and O–H groups in total. The SMILES string of the molecule is C=C(Cn1ccc2c(C)c(CN3CCC(Nc4ncnc5sc(CC(F)(F)F)cc45)CC3)ccc21)N1CCNCC1. The molecule has 6 rings (SSSR count). The van der Waals surface area contributed by atoms with Crippen LogP contribution in [0.15, 0.2) is 49.1 Å². The Hall–Kier alpha value is -3.15. The zero-order chi connectivity index (χ0) is 28.6. The molecule has 0 amide bonds. The van der Waals surface area contributed by atoms with Crippen molar-refractivity contribution in [3.05, 3.63) is 65.1 Å². The fourth-order valence-corrected chi connectivity index (χ4v) is 7.05. The van der Waals surface area contributed by atoms with Crippen LogP contribution in [-0.2, 0) is 19.5 Å². The maximum Gasteiger partial charge on any atom is 0.393 e. The summed E-state index contributed by atoms with van der Waals surface area (Å²) >= 11 is 1.09. The second kappa shape index (κ2) is 11.6. The summed E-state index contributed by atoms with van der Waals surface area (Å²) in [4.78, 5) is 14.3. The quantitative estimate of drug-likeness (QED) is 0.284. The molecule has 11 heteroatoms. The fraction of sp³-hybridized carbons (Fsp3) is 0.467. The first-order chi connectivity index (χ1) is 19.7. The third kappa shape index (κ3) is 6.37. The van der Waals surface area contributed by atoms with Gasteiger partial charge < -0.3 is 20.1 Å². The number of benzene rings is 1.